The van der Waals surface area contributed by atoms with Gasteiger partial charge in [-0.3, -0.25) is 0 Å². The van der Waals surface area contributed by atoms with Gasteiger partial charge in [-0.05, 0) is 0 Å². The van der Waals surface area contributed by atoms with Crippen LogP contribution in [0.25, 0.3) is 0 Å². The first-order valence-electron chi connectivity index (χ1n) is 6.83. The SMILES string of the molecule is P.[CH2-]CCC.[CH2-]CCC.[CH2-]CCC.[CH2-]CCC.[Pd]. The summed E-state index contributed by atoms with van der Waals surface area (Å²) in [6, 6.07) is 0. The molecule has 0 nitrogen and oxygen atoms in total. The zero-order valence-electron chi connectivity index (χ0n) is 13.5. The van der Waals surface area contributed by atoms with Crippen molar-refractivity contribution < 1.29 is 20.4 Å². The van der Waals surface area contributed by atoms with E-state index in [1.54, 1.807) is 0 Å². The first kappa shape index (κ1) is 36.5. The number of rotatable bonds is 4. The molecule has 0 bridgehead atoms. The molecule has 0 heterocycles. The van der Waals surface area contributed by atoms with Crippen LogP contribution in [0, 0.1) is 27.7 Å². The van der Waals surface area contributed by atoms with Gasteiger partial charge in [-0.25, -0.2) is 0 Å². The molecular formula is C16H39PPd-4. The van der Waals surface area contributed by atoms with Crippen LogP contribution in [0.1, 0.15) is 79.1 Å². The molecule has 0 radical (unpaired) electrons. The Balaban J connectivity index is -0.0000000257. The molecule has 2 heteroatoms. The topological polar surface area (TPSA) is 0 Å². The third-order valence-corrected chi connectivity index (χ3v) is 1.41. The maximum Gasteiger partial charge on any atom is 0 e. The van der Waals surface area contributed by atoms with Crippen molar-refractivity contribution in [3.63, 3.8) is 0 Å². The monoisotopic (exact) mass is 368 g/mol. The minimum Gasteiger partial charge on any atom is -0.343 e. The fourth-order valence-corrected chi connectivity index (χ4v) is 0. The van der Waals surface area contributed by atoms with Gasteiger partial charge in [0, 0.05) is 20.4 Å². The molecule has 0 aliphatic carbocycles. The molecule has 1 unspecified atom stereocenters. The third-order valence-electron chi connectivity index (χ3n) is 1.41. The van der Waals surface area contributed by atoms with E-state index in [0.717, 1.165) is 25.7 Å². The molecule has 0 fully saturated rings. The fourth-order valence-electron chi connectivity index (χ4n) is 0. The van der Waals surface area contributed by atoms with E-state index in [2.05, 4.69) is 55.4 Å². The van der Waals surface area contributed by atoms with Gasteiger partial charge < -0.3 is 27.7 Å². The number of hydrogen-bond donors (Lipinski definition) is 0. The molecule has 0 aromatic rings. The molecule has 0 aliphatic heterocycles. The minimum atomic E-state index is 0. The van der Waals surface area contributed by atoms with Crippen LogP contribution in [0.3, 0.4) is 0 Å². The van der Waals surface area contributed by atoms with Gasteiger partial charge in [0.05, 0.1) is 0 Å². The van der Waals surface area contributed by atoms with Crippen molar-refractivity contribution in [2.45, 2.75) is 79.1 Å². The third kappa shape index (κ3) is 171. The zero-order chi connectivity index (χ0) is 13.7. The maximum atomic E-state index is 3.60. The molecule has 0 saturated heterocycles. The van der Waals surface area contributed by atoms with Crippen molar-refractivity contribution in [2.24, 2.45) is 0 Å². The van der Waals surface area contributed by atoms with Crippen molar-refractivity contribution in [3.05, 3.63) is 27.7 Å². The quantitative estimate of drug-likeness (QED) is 0.300. The molecule has 18 heavy (non-hydrogen) atoms. The van der Waals surface area contributed by atoms with Crippen LogP contribution in [-0.2, 0) is 20.4 Å². The van der Waals surface area contributed by atoms with Gasteiger partial charge in [-0.15, -0.1) is 0 Å². The van der Waals surface area contributed by atoms with Crippen LogP contribution in [-0.4, -0.2) is 0 Å². The largest absolute Gasteiger partial charge is 0.343 e. The molecular weight excluding hydrogens is 330 g/mol. The van der Waals surface area contributed by atoms with E-state index < -0.39 is 0 Å². The van der Waals surface area contributed by atoms with Gasteiger partial charge in [0.25, 0.3) is 0 Å². The van der Waals surface area contributed by atoms with E-state index in [0.29, 0.717) is 0 Å². The zero-order valence-corrected chi connectivity index (χ0v) is 16.5. The van der Waals surface area contributed by atoms with Crippen molar-refractivity contribution in [1.29, 1.82) is 0 Å². The van der Waals surface area contributed by atoms with Crippen molar-refractivity contribution >= 4 is 9.90 Å². The van der Waals surface area contributed by atoms with Crippen LogP contribution in [0.2, 0.25) is 0 Å². The number of unbranched alkanes of at least 4 members (excludes halogenated alkanes) is 4. The Morgan fingerprint density at radius 3 is 0.556 bits per heavy atom. The van der Waals surface area contributed by atoms with E-state index in [-0.39, 0.29) is 30.3 Å². The normalized spacial score (nSPS) is 6.67. The summed E-state index contributed by atoms with van der Waals surface area (Å²) in [6.07, 6.45) is 9.11. The maximum absolute atomic E-state index is 3.60. The average molecular weight is 369 g/mol. The number of hydrogen-bond acceptors (Lipinski definition) is 0. The standard InChI is InChI=1S/4C4H9.H3P.Pd/c4*1-3-4-2;;/h4*1,3-4H2,2H3;1H3;/q4*-1;;. The summed E-state index contributed by atoms with van der Waals surface area (Å²) in [5, 5.41) is 0. The van der Waals surface area contributed by atoms with Gasteiger partial charge in [0.2, 0.25) is 0 Å². The molecule has 0 rings (SSSR count). The first-order valence-corrected chi connectivity index (χ1v) is 6.83. The van der Waals surface area contributed by atoms with Crippen LogP contribution < -0.4 is 0 Å². The van der Waals surface area contributed by atoms with Crippen molar-refractivity contribution in [1.82, 2.24) is 0 Å². The summed E-state index contributed by atoms with van der Waals surface area (Å²) in [6.45, 7) is 22.9. The second kappa shape index (κ2) is 63.9. The van der Waals surface area contributed by atoms with Gasteiger partial charge in [0.1, 0.15) is 0 Å². The van der Waals surface area contributed by atoms with Gasteiger partial charge in [0.15, 0.2) is 0 Å². The van der Waals surface area contributed by atoms with Crippen LogP contribution in [0.15, 0.2) is 0 Å². The van der Waals surface area contributed by atoms with E-state index in [9.17, 15) is 0 Å². The van der Waals surface area contributed by atoms with E-state index in [1.165, 1.54) is 25.7 Å². The Hall–Kier alpha value is 1.09. The summed E-state index contributed by atoms with van der Waals surface area (Å²) in [5.74, 6) is 0. The smallest absolute Gasteiger partial charge is 0 e. The average Bonchev–Trinajstić information content (AvgIpc) is 2.39. The van der Waals surface area contributed by atoms with Crippen LogP contribution in [0.4, 0.5) is 0 Å². The summed E-state index contributed by atoms with van der Waals surface area (Å²) >= 11 is 0. The van der Waals surface area contributed by atoms with Crippen molar-refractivity contribution in [3.8, 4) is 0 Å². The van der Waals surface area contributed by atoms with Gasteiger partial charge >= 0.3 is 0 Å². The van der Waals surface area contributed by atoms with Crippen LogP contribution in [0.5, 0.6) is 0 Å². The minimum absolute atomic E-state index is 0. The predicted molar refractivity (Wildman–Crippen MR) is 92.2 cm³/mol. The molecule has 1 atom stereocenters. The second-order valence-electron chi connectivity index (χ2n) is 3.41. The molecule has 0 aromatic heterocycles. The molecule has 0 saturated carbocycles. The molecule has 0 spiro atoms. The Morgan fingerprint density at radius 1 is 0.500 bits per heavy atom. The summed E-state index contributed by atoms with van der Waals surface area (Å²) in [4.78, 5) is 0. The summed E-state index contributed by atoms with van der Waals surface area (Å²) in [5.41, 5.74) is 0. The van der Waals surface area contributed by atoms with Gasteiger partial charge in [-0.2, -0.15) is 35.6 Å². The first-order chi connectivity index (χ1) is 7.66. The second-order valence-corrected chi connectivity index (χ2v) is 3.41. The van der Waals surface area contributed by atoms with E-state index in [4.69, 9.17) is 0 Å². The van der Waals surface area contributed by atoms with Crippen molar-refractivity contribution in [2.75, 3.05) is 0 Å². The fraction of sp³-hybridized carbons (Fsp3) is 0.750. The summed E-state index contributed by atoms with van der Waals surface area (Å²) in [7, 11) is 0. The summed E-state index contributed by atoms with van der Waals surface area (Å²) < 4.78 is 0. The van der Waals surface area contributed by atoms with Crippen LogP contribution >= 0.6 is 9.90 Å². The molecule has 0 N–H and O–H groups in total. The van der Waals surface area contributed by atoms with E-state index in [1.807, 2.05) is 0 Å². The predicted octanol–water partition coefficient (Wildman–Crippen LogP) is 6.54. The molecule has 0 amide bonds. The Bertz CT molecular complexity index is 35.1. The Morgan fingerprint density at radius 2 is 0.556 bits per heavy atom. The molecule has 0 aromatic carbocycles. The molecule has 122 valence electrons. The Kier molecular flexibility index (Phi) is 130. The van der Waals surface area contributed by atoms with Gasteiger partial charge in [-0.1, -0.05) is 53.4 Å². The Labute approximate surface area is 137 Å². The molecule has 0 aliphatic rings. The van der Waals surface area contributed by atoms with E-state index >= 15 is 0 Å².